The summed E-state index contributed by atoms with van der Waals surface area (Å²) in [5, 5.41) is 0. The predicted molar refractivity (Wildman–Crippen MR) is 41.1 cm³/mol. The van der Waals surface area contributed by atoms with E-state index in [1.807, 2.05) is 0 Å². The largest absolute Gasteiger partial charge is 0.490 e. The predicted octanol–water partition coefficient (Wildman–Crippen LogP) is -1.28. The van der Waals surface area contributed by atoms with E-state index in [0.29, 0.717) is 0 Å². The maximum Gasteiger partial charge on any atom is 0.490 e. The van der Waals surface area contributed by atoms with Crippen LogP contribution < -0.4 is 0 Å². The molecule has 15 heteroatoms. The van der Waals surface area contributed by atoms with Crippen LogP contribution in [0, 0.1) is 0 Å². The molecule has 0 saturated heterocycles. The number of phosphoric acid groups is 3. The fourth-order valence-electron chi connectivity index (χ4n) is 0.284. The quantitative estimate of drug-likeness (QED) is 0.385. The van der Waals surface area contributed by atoms with Gasteiger partial charge in [0.05, 0.1) is 0 Å². The van der Waals surface area contributed by atoms with Gasteiger partial charge in [0, 0.05) is 0 Å². The SMILES string of the molecule is O=C=O.O=P(O)(O)OP(=O)(O)OP(=O)(O)O. The molecule has 0 aromatic rings. The molecule has 0 saturated carbocycles. The molecule has 0 spiro atoms. The topological polar surface area (TPSA) is 205 Å². The maximum absolute atomic E-state index is 10.4. The molecule has 0 unspecified atom stereocenters. The van der Waals surface area contributed by atoms with Crippen molar-refractivity contribution in [1.29, 1.82) is 0 Å². The first kappa shape index (κ1) is 18.2. The van der Waals surface area contributed by atoms with E-state index in [-0.39, 0.29) is 6.15 Å². The van der Waals surface area contributed by atoms with E-state index in [1.54, 1.807) is 0 Å². The Hall–Kier alpha value is -0.210. The van der Waals surface area contributed by atoms with E-state index in [2.05, 4.69) is 8.62 Å². The van der Waals surface area contributed by atoms with E-state index in [0.717, 1.165) is 0 Å². The highest BCUT2D eigenvalue weighted by atomic mass is 31.3. The summed E-state index contributed by atoms with van der Waals surface area (Å²) in [6.07, 6.45) is 0.250. The van der Waals surface area contributed by atoms with Gasteiger partial charge in [0.1, 0.15) is 0 Å². The van der Waals surface area contributed by atoms with Gasteiger partial charge in [-0.3, -0.25) is 0 Å². The van der Waals surface area contributed by atoms with Crippen molar-refractivity contribution in [2.75, 3.05) is 0 Å². The van der Waals surface area contributed by atoms with Crippen molar-refractivity contribution in [2.24, 2.45) is 0 Å². The van der Waals surface area contributed by atoms with Crippen LogP contribution in [0.15, 0.2) is 0 Å². The average Bonchev–Trinajstić information content (AvgIpc) is 1.73. The minimum atomic E-state index is -5.46. The first-order valence-corrected chi connectivity index (χ1v) is 7.24. The average molecular weight is 302 g/mol. The van der Waals surface area contributed by atoms with E-state index >= 15 is 0 Å². The molecule has 0 bridgehead atoms. The van der Waals surface area contributed by atoms with Gasteiger partial charge in [0.2, 0.25) is 0 Å². The second-order valence-electron chi connectivity index (χ2n) is 1.70. The Balaban J connectivity index is 0. The first-order valence-electron chi connectivity index (χ1n) is 2.69. The third kappa shape index (κ3) is 16.2. The summed E-state index contributed by atoms with van der Waals surface area (Å²) < 4.78 is 36.4. The lowest BCUT2D eigenvalue weighted by molar-refractivity contribution is -0.191. The number of carbonyl (C=O) groups excluding carboxylic acids is 2. The van der Waals surface area contributed by atoms with Crippen LogP contribution in [0.4, 0.5) is 0 Å². The van der Waals surface area contributed by atoms with Crippen molar-refractivity contribution in [3.05, 3.63) is 0 Å². The van der Waals surface area contributed by atoms with Crippen LogP contribution in [0.1, 0.15) is 0 Å². The van der Waals surface area contributed by atoms with Crippen molar-refractivity contribution in [3.8, 4) is 0 Å². The Bertz CT molecular complexity index is 347. The normalized spacial score (nSPS) is 12.3. The van der Waals surface area contributed by atoms with Gasteiger partial charge in [-0.25, -0.2) is 13.7 Å². The summed E-state index contributed by atoms with van der Waals surface area (Å²) in [6.45, 7) is 0. The fraction of sp³-hybridized carbons (Fsp3) is 0. The fourth-order valence-corrected chi connectivity index (χ4v) is 2.82. The highest BCUT2D eigenvalue weighted by molar-refractivity contribution is 7.66. The number of hydrogen-bond donors (Lipinski definition) is 5. The molecule has 0 fully saturated rings. The van der Waals surface area contributed by atoms with E-state index in [9.17, 15) is 13.7 Å². The molecule has 0 aliphatic heterocycles. The molecule has 0 aromatic carbocycles. The molecule has 0 aliphatic rings. The first-order chi connectivity index (χ1) is 6.83. The zero-order chi connectivity index (χ0) is 13.6. The minimum absolute atomic E-state index is 0.250. The standard InChI is InChI=1S/CO2.H5O10P3/c2-1-3;1-11(2,3)9-13(7,8)10-12(4,5)6/h;(H,7,8)(H2,1,2,3)(H2,4,5,6). The summed E-state index contributed by atoms with van der Waals surface area (Å²) in [4.78, 5) is 56.5. The zero-order valence-corrected chi connectivity index (χ0v) is 9.62. The van der Waals surface area contributed by atoms with Crippen molar-refractivity contribution in [2.45, 2.75) is 0 Å². The monoisotopic (exact) mass is 302 g/mol. The molecule has 0 heterocycles. The molecule has 5 N–H and O–H groups in total. The molecule has 0 atom stereocenters. The van der Waals surface area contributed by atoms with Gasteiger partial charge in [-0.05, 0) is 0 Å². The highest BCUT2D eigenvalue weighted by Crippen LogP contribution is 2.64. The molecule has 0 aliphatic carbocycles. The van der Waals surface area contributed by atoms with Gasteiger partial charge in [0.15, 0.2) is 0 Å². The lowest BCUT2D eigenvalue weighted by atomic mass is 11.8. The molecular weight excluding hydrogens is 297 g/mol. The smallest absolute Gasteiger partial charge is 0.302 e. The molecule has 0 radical (unpaired) electrons. The van der Waals surface area contributed by atoms with Crippen LogP contribution in [0.25, 0.3) is 0 Å². The van der Waals surface area contributed by atoms with E-state index in [1.165, 1.54) is 0 Å². The Labute approximate surface area is 86.9 Å². The number of rotatable bonds is 4. The van der Waals surface area contributed by atoms with E-state index < -0.39 is 23.5 Å². The Morgan fingerprint density at radius 3 is 1.06 bits per heavy atom. The molecular formula is CH5O12P3. The minimum Gasteiger partial charge on any atom is -0.302 e. The molecule has 12 nitrogen and oxygen atoms in total. The molecule has 0 rings (SSSR count). The lowest BCUT2D eigenvalue weighted by Gasteiger charge is -2.11. The second kappa shape index (κ2) is 6.51. The summed E-state index contributed by atoms with van der Waals surface area (Å²) in [7, 11) is -16.2. The number of hydrogen-bond acceptors (Lipinski definition) is 7. The summed E-state index contributed by atoms with van der Waals surface area (Å²) in [5.41, 5.74) is 0. The van der Waals surface area contributed by atoms with Gasteiger partial charge < -0.3 is 24.5 Å². The van der Waals surface area contributed by atoms with Crippen LogP contribution in [0.5, 0.6) is 0 Å². The Morgan fingerprint density at radius 2 is 0.938 bits per heavy atom. The van der Waals surface area contributed by atoms with Gasteiger partial charge in [-0.2, -0.15) is 18.2 Å². The van der Waals surface area contributed by atoms with Gasteiger partial charge >= 0.3 is 29.6 Å². The van der Waals surface area contributed by atoms with Crippen molar-refractivity contribution in [3.63, 3.8) is 0 Å². The molecule has 0 amide bonds. The third-order valence-corrected chi connectivity index (χ3v) is 3.77. The van der Waals surface area contributed by atoms with Gasteiger partial charge in [-0.1, -0.05) is 0 Å². The Kier molecular flexibility index (Phi) is 7.39. The Morgan fingerprint density at radius 1 is 0.750 bits per heavy atom. The van der Waals surface area contributed by atoms with Crippen molar-refractivity contribution >= 4 is 29.6 Å². The highest BCUT2D eigenvalue weighted by Gasteiger charge is 2.38. The van der Waals surface area contributed by atoms with Crippen LogP contribution in [0.3, 0.4) is 0 Å². The summed E-state index contributed by atoms with van der Waals surface area (Å²) in [5.74, 6) is 0. The molecule has 96 valence electrons. The summed E-state index contributed by atoms with van der Waals surface area (Å²) in [6, 6.07) is 0. The second-order valence-corrected chi connectivity index (χ2v) is 5.90. The molecule has 0 aromatic heterocycles. The van der Waals surface area contributed by atoms with Crippen LogP contribution in [0.2, 0.25) is 0 Å². The maximum atomic E-state index is 10.4. The van der Waals surface area contributed by atoms with Gasteiger partial charge in [0.25, 0.3) is 0 Å². The van der Waals surface area contributed by atoms with Gasteiger partial charge in [-0.15, -0.1) is 0 Å². The van der Waals surface area contributed by atoms with Crippen LogP contribution >= 0.6 is 23.5 Å². The van der Waals surface area contributed by atoms with E-state index in [4.69, 9.17) is 34.1 Å². The zero-order valence-electron chi connectivity index (χ0n) is 6.94. The van der Waals surface area contributed by atoms with Crippen molar-refractivity contribution < 1.29 is 56.4 Å². The van der Waals surface area contributed by atoms with Crippen molar-refractivity contribution in [1.82, 2.24) is 0 Å². The summed E-state index contributed by atoms with van der Waals surface area (Å²) >= 11 is 0. The third-order valence-electron chi connectivity index (χ3n) is 0.419. The lowest BCUT2D eigenvalue weighted by Crippen LogP contribution is -1.91. The van der Waals surface area contributed by atoms with Crippen LogP contribution in [-0.4, -0.2) is 30.6 Å². The van der Waals surface area contributed by atoms with Crippen LogP contribution in [-0.2, 0) is 31.9 Å². The molecule has 16 heavy (non-hydrogen) atoms.